The molecule has 4 nitrogen and oxygen atoms in total. The molecule has 2 aromatic carbocycles. The minimum absolute atomic E-state index is 0.130. The zero-order chi connectivity index (χ0) is 15.6. The number of carboxylic acid groups (broad SMARTS) is 1. The van der Waals surface area contributed by atoms with Crippen molar-refractivity contribution in [3.63, 3.8) is 0 Å². The number of hydrogen-bond acceptors (Lipinski definition) is 3. The molecule has 0 aromatic heterocycles. The van der Waals surface area contributed by atoms with Gasteiger partial charge in [-0.1, -0.05) is 0 Å². The van der Waals surface area contributed by atoms with E-state index in [1.165, 1.54) is 24.3 Å². The Balaban J connectivity index is 2.24. The van der Waals surface area contributed by atoms with Crippen molar-refractivity contribution in [2.24, 2.45) is 0 Å². The molecule has 0 unspecified atom stereocenters. The van der Waals surface area contributed by atoms with E-state index in [2.05, 4.69) is 67.8 Å². The van der Waals surface area contributed by atoms with Crippen molar-refractivity contribution in [1.82, 2.24) is 0 Å². The van der Waals surface area contributed by atoms with Gasteiger partial charge in [0.25, 0.3) is 0 Å². The predicted molar refractivity (Wildman–Crippen MR) is 103 cm³/mol. The van der Waals surface area contributed by atoms with Crippen LogP contribution in [0.5, 0.6) is 5.75 Å². The maximum atomic E-state index is 12.1. The van der Waals surface area contributed by atoms with Crippen LogP contribution in [-0.2, 0) is 0 Å². The van der Waals surface area contributed by atoms with E-state index >= 15 is 0 Å². The first-order valence-electron chi connectivity index (χ1n) is 5.58. The first-order valence-corrected chi connectivity index (χ1v) is 8.82. The lowest BCUT2D eigenvalue weighted by atomic mass is 10.1. The third-order valence-electron chi connectivity index (χ3n) is 2.53. The molecule has 108 valence electrons. The molecule has 0 aliphatic carbocycles. The van der Waals surface area contributed by atoms with E-state index in [9.17, 15) is 9.59 Å². The van der Waals surface area contributed by atoms with Crippen LogP contribution in [0, 0.1) is 10.7 Å². The number of carbonyl (C=O) groups is 2. The van der Waals surface area contributed by atoms with E-state index in [1.807, 2.05) is 12.1 Å². The normalized spacial score (nSPS) is 10.2. The molecule has 0 atom stereocenters. The average molecular weight is 620 g/mol. The van der Waals surface area contributed by atoms with Crippen LogP contribution in [0.25, 0.3) is 0 Å². The van der Waals surface area contributed by atoms with Gasteiger partial charge in [-0.05, 0) is 104 Å². The van der Waals surface area contributed by atoms with Crippen molar-refractivity contribution in [2.75, 3.05) is 0 Å². The summed E-state index contributed by atoms with van der Waals surface area (Å²) in [4.78, 5) is 22.9. The van der Waals surface area contributed by atoms with Crippen LogP contribution in [0.3, 0.4) is 0 Å². The average Bonchev–Trinajstić information content (AvgIpc) is 2.42. The summed E-state index contributed by atoms with van der Waals surface area (Å²) in [6.45, 7) is 0. The Morgan fingerprint density at radius 2 is 1.38 bits per heavy atom. The van der Waals surface area contributed by atoms with Crippen LogP contribution in [0.15, 0.2) is 36.4 Å². The molecule has 2 rings (SSSR count). The van der Waals surface area contributed by atoms with E-state index < -0.39 is 11.9 Å². The van der Waals surface area contributed by atoms with Crippen LogP contribution in [0.1, 0.15) is 20.7 Å². The van der Waals surface area contributed by atoms with Crippen LogP contribution < -0.4 is 4.74 Å². The molecule has 0 saturated heterocycles. The molecular weight excluding hydrogens is 613 g/mol. The fraction of sp³-hybridized carbons (Fsp3) is 0. The van der Waals surface area contributed by atoms with Crippen LogP contribution in [-0.4, -0.2) is 17.0 Å². The Kier molecular flexibility index (Phi) is 5.82. The number of ether oxygens (including phenoxy) is 1. The van der Waals surface area contributed by atoms with Gasteiger partial charge in [0.1, 0.15) is 0 Å². The molecule has 21 heavy (non-hydrogen) atoms. The Morgan fingerprint density at radius 1 is 0.905 bits per heavy atom. The van der Waals surface area contributed by atoms with Crippen molar-refractivity contribution in [3.05, 3.63) is 58.2 Å². The highest BCUT2D eigenvalue weighted by molar-refractivity contribution is 14.1. The zero-order valence-electron chi connectivity index (χ0n) is 10.3. The maximum absolute atomic E-state index is 12.1. The quantitative estimate of drug-likeness (QED) is 0.314. The van der Waals surface area contributed by atoms with Gasteiger partial charge in [-0.15, -0.1) is 0 Å². The smallest absolute Gasteiger partial charge is 0.343 e. The monoisotopic (exact) mass is 620 g/mol. The highest BCUT2D eigenvalue weighted by Gasteiger charge is 2.15. The molecule has 1 N–H and O–H groups in total. The van der Waals surface area contributed by atoms with Crippen molar-refractivity contribution in [3.8, 4) is 5.75 Å². The molecule has 0 spiro atoms. The first-order chi connectivity index (χ1) is 9.88. The number of hydrogen-bond donors (Lipinski definition) is 1. The van der Waals surface area contributed by atoms with Gasteiger partial charge in [-0.3, -0.25) is 0 Å². The van der Waals surface area contributed by atoms with Crippen molar-refractivity contribution in [2.45, 2.75) is 0 Å². The molecule has 0 heterocycles. The SMILES string of the molecule is O=C(O)c1ccc(C(=O)Oc2c(I)cc(I)cc2I)cc1. The van der Waals surface area contributed by atoms with Gasteiger partial charge in [0.15, 0.2) is 5.75 Å². The second kappa shape index (κ2) is 7.22. The van der Waals surface area contributed by atoms with Gasteiger partial charge >= 0.3 is 11.9 Å². The van der Waals surface area contributed by atoms with Crippen molar-refractivity contribution in [1.29, 1.82) is 0 Å². The van der Waals surface area contributed by atoms with Crippen LogP contribution >= 0.6 is 67.8 Å². The van der Waals surface area contributed by atoms with Gasteiger partial charge in [0.2, 0.25) is 0 Å². The molecule has 2 aromatic rings. The second-order valence-corrected chi connectivity index (χ2v) is 7.54. The van der Waals surface area contributed by atoms with Gasteiger partial charge < -0.3 is 9.84 Å². The van der Waals surface area contributed by atoms with E-state index in [4.69, 9.17) is 9.84 Å². The summed E-state index contributed by atoms with van der Waals surface area (Å²) in [6, 6.07) is 9.47. The van der Waals surface area contributed by atoms with Crippen LogP contribution in [0.2, 0.25) is 0 Å². The Labute approximate surface area is 161 Å². The first kappa shape index (κ1) is 16.9. The molecule has 0 aliphatic rings. The molecule has 0 saturated carbocycles. The van der Waals surface area contributed by atoms with Crippen molar-refractivity contribution < 1.29 is 19.4 Å². The van der Waals surface area contributed by atoms with E-state index in [0.717, 1.165) is 10.7 Å². The molecule has 0 aliphatic heterocycles. The van der Waals surface area contributed by atoms with Gasteiger partial charge in [0.05, 0.1) is 18.3 Å². The van der Waals surface area contributed by atoms with Crippen molar-refractivity contribution >= 4 is 79.7 Å². The zero-order valence-corrected chi connectivity index (χ0v) is 16.7. The number of benzene rings is 2. The van der Waals surface area contributed by atoms with E-state index in [1.54, 1.807) is 0 Å². The summed E-state index contributed by atoms with van der Waals surface area (Å²) >= 11 is 6.42. The number of halogens is 3. The molecule has 0 fully saturated rings. The van der Waals surface area contributed by atoms with Crippen LogP contribution in [0.4, 0.5) is 0 Å². The summed E-state index contributed by atoms with van der Waals surface area (Å²) in [5, 5.41) is 8.83. The summed E-state index contributed by atoms with van der Waals surface area (Å²) in [5.41, 5.74) is 0.440. The molecular formula is C14H7I3O4. The fourth-order valence-electron chi connectivity index (χ4n) is 1.53. The molecule has 0 amide bonds. The standard InChI is InChI=1S/C14H7I3O4/c15-9-5-10(16)12(11(17)6-9)21-14(20)8-3-1-7(2-4-8)13(18)19/h1-6H,(H,18,19). The highest BCUT2D eigenvalue weighted by Crippen LogP contribution is 2.30. The summed E-state index contributed by atoms with van der Waals surface area (Å²) in [5.74, 6) is -1.02. The number of esters is 1. The Bertz CT molecular complexity index is 688. The highest BCUT2D eigenvalue weighted by atomic mass is 127. The molecule has 0 radical (unpaired) electrons. The Hall–Kier alpha value is -0.430. The molecule has 7 heteroatoms. The number of carboxylic acids is 1. The topological polar surface area (TPSA) is 63.6 Å². The predicted octanol–water partition coefficient (Wildman–Crippen LogP) is 4.42. The number of aromatic carboxylic acids is 1. The third-order valence-corrected chi connectivity index (χ3v) is 4.75. The summed E-state index contributed by atoms with van der Waals surface area (Å²) in [7, 11) is 0. The lowest BCUT2D eigenvalue weighted by molar-refractivity contribution is 0.0691. The Morgan fingerprint density at radius 3 is 1.86 bits per heavy atom. The largest absolute Gasteiger partial charge is 0.478 e. The summed E-state index contributed by atoms with van der Waals surface area (Å²) in [6.07, 6.45) is 0. The fourth-order valence-corrected chi connectivity index (χ4v) is 5.33. The molecule has 0 bridgehead atoms. The number of rotatable bonds is 3. The van der Waals surface area contributed by atoms with E-state index in [-0.39, 0.29) is 5.56 Å². The minimum Gasteiger partial charge on any atom is -0.478 e. The lowest BCUT2D eigenvalue weighted by Crippen LogP contribution is -2.11. The second-order valence-electron chi connectivity index (χ2n) is 3.97. The number of carbonyl (C=O) groups excluding carboxylic acids is 1. The summed E-state index contributed by atoms with van der Waals surface area (Å²) < 4.78 is 8.17. The van der Waals surface area contributed by atoms with E-state index in [0.29, 0.717) is 11.3 Å². The van der Waals surface area contributed by atoms with Gasteiger partial charge in [0, 0.05) is 3.57 Å². The van der Waals surface area contributed by atoms with Gasteiger partial charge in [-0.2, -0.15) is 0 Å². The van der Waals surface area contributed by atoms with Gasteiger partial charge in [-0.25, -0.2) is 9.59 Å². The minimum atomic E-state index is -1.03. The third kappa shape index (κ3) is 4.28. The lowest BCUT2D eigenvalue weighted by Gasteiger charge is -2.09. The maximum Gasteiger partial charge on any atom is 0.343 e.